The number of benzene rings is 1. The lowest BCUT2D eigenvalue weighted by molar-refractivity contribution is 0.340. The average molecular weight is 313 g/mol. The Bertz CT molecular complexity index is 631. The molecule has 1 aliphatic rings. The monoisotopic (exact) mass is 313 g/mol. The van der Waals surface area contributed by atoms with Crippen LogP contribution >= 0.6 is 0 Å². The van der Waals surface area contributed by atoms with Gasteiger partial charge in [-0.3, -0.25) is 0 Å². The van der Waals surface area contributed by atoms with Crippen LogP contribution in [-0.2, 0) is 0 Å². The summed E-state index contributed by atoms with van der Waals surface area (Å²) in [6, 6.07) is 7.75. The number of hydrogen-bond donors (Lipinski definition) is 1. The average Bonchev–Trinajstić information content (AvgIpc) is 2.57. The minimum absolute atomic E-state index is 0.518. The van der Waals surface area contributed by atoms with Gasteiger partial charge in [0.15, 0.2) is 5.82 Å². The van der Waals surface area contributed by atoms with Crippen LogP contribution in [0.25, 0.3) is 0 Å². The molecule has 0 bridgehead atoms. The van der Waals surface area contributed by atoms with Crippen molar-refractivity contribution in [3.8, 4) is 5.75 Å². The van der Waals surface area contributed by atoms with Crippen LogP contribution in [0.1, 0.15) is 26.7 Å². The van der Waals surface area contributed by atoms with Crippen molar-refractivity contribution in [3.63, 3.8) is 0 Å². The second-order valence-electron chi connectivity index (χ2n) is 5.91. The highest BCUT2D eigenvalue weighted by Gasteiger charge is 2.18. The van der Waals surface area contributed by atoms with E-state index in [-0.39, 0.29) is 0 Å². The summed E-state index contributed by atoms with van der Waals surface area (Å²) in [5.74, 6) is 2.96. The molecular formula is C17H23N5O. The summed E-state index contributed by atoms with van der Waals surface area (Å²) in [7, 11) is 0. The summed E-state index contributed by atoms with van der Waals surface area (Å²) in [6.07, 6.45) is 4.22. The first kappa shape index (κ1) is 15.5. The highest BCUT2D eigenvalue weighted by molar-refractivity contribution is 5.55. The van der Waals surface area contributed by atoms with Gasteiger partial charge in [0.1, 0.15) is 5.75 Å². The molecule has 1 aromatic carbocycles. The minimum Gasteiger partial charge on any atom is -0.494 e. The molecule has 1 saturated heterocycles. The van der Waals surface area contributed by atoms with Crippen molar-refractivity contribution >= 4 is 17.5 Å². The quantitative estimate of drug-likeness (QED) is 0.914. The van der Waals surface area contributed by atoms with Gasteiger partial charge in [-0.05, 0) is 49.9 Å². The predicted molar refractivity (Wildman–Crippen MR) is 91.3 cm³/mol. The van der Waals surface area contributed by atoms with E-state index in [0.717, 1.165) is 30.3 Å². The van der Waals surface area contributed by atoms with Gasteiger partial charge < -0.3 is 15.0 Å². The van der Waals surface area contributed by atoms with Crippen molar-refractivity contribution in [3.05, 3.63) is 30.5 Å². The summed E-state index contributed by atoms with van der Waals surface area (Å²) in [6.45, 7) is 6.97. The van der Waals surface area contributed by atoms with Crippen molar-refractivity contribution in [2.75, 3.05) is 29.9 Å². The standard InChI is InChI=1S/C17H23N5O/c1-3-23-15-8-6-14(7-9-15)19-17-20-16(11-18-21-17)22-10-4-5-13(2)12-22/h6-9,11,13H,3-5,10,12H2,1-2H3,(H,19,20,21). The molecule has 3 rings (SSSR count). The van der Waals surface area contributed by atoms with Crippen molar-refractivity contribution in [2.45, 2.75) is 26.7 Å². The summed E-state index contributed by atoms with van der Waals surface area (Å²) < 4.78 is 5.44. The van der Waals surface area contributed by atoms with Gasteiger partial charge in [-0.15, -0.1) is 5.10 Å². The molecule has 2 aromatic rings. The van der Waals surface area contributed by atoms with Crippen molar-refractivity contribution in [1.82, 2.24) is 15.2 Å². The van der Waals surface area contributed by atoms with E-state index in [1.807, 2.05) is 31.2 Å². The van der Waals surface area contributed by atoms with E-state index in [1.54, 1.807) is 6.20 Å². The Morgan fingerprint density at radius 2 is 2.13 bits per heavy atom. The highest BCUT2D eigenvalue weighted by Crippen LogP contribution is 2.22. The predicted octanol–water partition coefficient (Wildman–Crippen LogP) is 3.25. The zero-order valence-corrected chi connectivity index (χ0v) is 13.7. The third kappa shape index (κ3) is 4.09. The molecule has 122 valence electrons. The molecule has 1 unspecified atom stereocenters. The van der Waals surface area contributed by atoms with E-state index in [9.17, 15) is 0 Å². The van der Waals surface area contributed by atoms with Crippen molar-refractivity contribution in [2.24, 2.45) is 5.92 Å². The Morgan fingerprint density at radius 3 is 2.87 bits per heavy atom. The lowest BCUT2D eigenvalue weighted by atomic mass is 10.0. The van der Waals surface area contributed by atoms with Gasteiger partial charge in [-0.2, -0.15) is 10.1 Å². The lowest BCUT2D eigenvalue weighted by Gasteiger charge is -2.31. The zero-order chi connectivity index (χ0) is 16.1. The Balaban J connectivity index is 1.69. The van der Waals surface area contributed by atoms with Crippen LogP contribution in [0.3, 0.4) is 0 Å². The van der Waals surface area contributed by atoms with E-state index < -0.39 is 0 Å². The smallest absolute Gasteiger partial charge is 0.249 e. The molecule has 1 atom stereocenters. The number of nitrogens with one attached hydrogen (secondary N) is 1. The van der Waals surface area contributed by atoms with Crippen molar-refractivity contribution in [1.29, 1.82) is 0 Å². The first-order valence-electron chi connectivity index (χ1n) is 8.19. The maximum absolute atomic E-state index is 5.44. The second-order valence-corrected chi connectivity index (χ2v) is 5.91. The molecule has 23 heavy (non-hydrogen) atoms. The molecule has 1 aliphatic heterocycles. The molecule has 2 heterocycles. The molecule has 1 fully saturated rings. The van der Waals surface area contributed by atoms with E-state index >= 15 is 0 Å². The second kappa shape index (κ2) is 7.26. The summed E-state index contributed by atoms with van der Waals surface area (Å²) >= 11 is 0. The maximum Gasteiger partial charge on any atom is 0.249 e. The third-order valence-corrected chi connectivity index (χ3v) is 3.95. The van der Waals surface area contributed by atoms with Gasteiger partial charge in [0, 0.05) is 18.8 Å². The van der Waals surface area contributed by atoms with Crippen LogP contribution in [0.2, 0.25) is 0 Å². The van der Waals surface area contributed by atoms with E-state index in [0.29, 0.717) is 18.5 Å². The molecule has 0 radical (unpaired) electrons. The number of hydrogen-bond acceptors (Lipinski definition) is 6. The van der Waals surface area contributed by atoms with Crippen LogP contribution in [0, 0.1) is 5.92 Å². The maximum atomic E-state index is 5.44. The van der Waals surface area contributed by atoms with Gasteiger partial charge in [0.2, 0.25) is 5.95 Å². The molecule has 0 saturated carbocycles. The molecule has 0 spiro atoms. The molecule has 0 aliphatic carbocycles. The minimum atomic E-state index is 0.518. The highest BCUT2D eigenvalue weighted by atomic mass is 16.5. The Hall–Kier alpha value is -2.37. The number of anilines is 3. The first-order chi connectivity index (χ1) is 11.2. The topological polar surface area (TPSA) is 63.2 Å². The van der Waals surface area contributed by atoms with Gasteiger partial charge in [-0.25, -0.2) is 0 Å². The van der Waals surface area contributed by atoms with Crippen LogP contribution in [0.5, 0.6) is 5.75 Å². The van der Waals surface area contributed by atoms with Gasteiger partial charge in [-0.1, -0.05) is 6.92 Å². The number of ether oxygens (including phenoxy) is 1. The molecule has 6 nitrogen and oxygen atoms in total. The normalized spacial score (nSPS) is 17.8. The largest absolute Gasteiger partial charge is 0.494 e. The number of nitrogens with zero attached hydrogens (tertiary/aromatic N) is 4. The summed E-state index contributed by atoms with van der Waals surface area (Å²) in [4.78, 5) is 6.88. The van der Waals surface area contributed by atoms with E-state index in [2.05, 4.69) is 32.3 Å². The van der Waals surface area contributed by atoms with Gasteiger partial charge in [0.25, 0.3) is 0 Å². The Labute approximate surface area is 136 Å². The van der Waals surface area contributed by atoms with E-state index in [1.165, 1.54) is 12.8 Å². The fourth-order valence-corrected chi connectivity index (χ4v) is 2.83. The Kier molecular flexibility index (Phi) is 4.90. The van der Waals surface area contributed by atoms with Crippen molar-refractivity contribution < 1.29 is 4.74 Å². The lowest BCUT2D eigenvalue weighted by Crippen LogP contribution is -2.35. The number of piperidine rings is 1. The Morgan fingerprint density at radius 1 is 1.30 bits per heavy atom. The van der Waals surface area contributed by atoms with Crippen LogP contribution in [0.15, 0.2) is 30.5 Å². The van der Waals surface area contributed by atoms with Crippen LogP contribution in [0.4, 0.5) is 17.5 Å². The molecule has 1 aromatic heterocycles. The van der Waals surface area contributed by atoms with Crippen LogP contribution < -0.4 is 15.0 Å². The molecule has 6 heteroatoms. The zero-order valence-electron chi connectivity index (χ0n) is 13.7. The summed E-state index contributed by atoms with van der Waals surface area (Å²) in [5.41, 5.74) is 0.916. The van der Waals surface area contributed by atoms with E-state index in [4.69, 9.17) is 4.74 Å². The number of aromatic nitrogens is 3. The third-order valence-electron chi connectivity index (χ3n) is 3.95. The van der Waals surface area contributed by atoms with Crippen LogP contribution in [-0.4, -0.2) is 34.9 Å². The van der Waals surface area contributed by atoms with Gasteiger partial charge >= 0.3 is 0 Å². The summed E-state index contributed by atoms with van der Waals surface area (Å²) in [5, 5.41) is 11.4. The van der Waals surface area contributed by atoms with Gasteiger partial charge in [0.05, 0.1) is 12.8 Å². The molecule has 0 amide bonds. The fourth-order valence-electron chi connectivity index (χ4n) is 2.83. The molecule has 1 N–H and O–H groups in total. The molecular weight excluding hydrogens is 290 g/mol. The SMILES string of the molecule is CCOc1ccc(Nc2nncc(N3CCCC(C)C3)n2)cc1. The first-order valence-corrected chi connectivity index (χ1v) is 8.19. The number of rotatable bonds is 5. The fraction of sp³-hybridized carbons (Fsp3) is 0.471.